The highest BCUT2D eigenvalue weighted by Crippen LogP contribution is 2.28. The maximum atomic E-state index is 11.0. The van der Waals surface area contributed by atoms with Crippen molar-refractivity contribution in [1.82, 2.24) is 0 Å². The third-order valence-electron chi connectivity index (χ3n) is 3.30. The zero-order chi connectivity index (χ0) is 13.2. The Labute approximate surface area is 111 Å². The Bertz CT molecular complexity index is 643. The molecule has 0 fully saturated rings. The summed E-state index contributed by atoms with van der Waals surface area (Å²) in [6.45, 7) is 3.73. The molecule has 96 valence electrons. The molecule has 0 bridgehead atoms. The summed E-state index contributed by atoms with van der Waals surface area (Å²) < 4.78 is 5.41. The molecule has 19 heavy (non-hydrogen) atoms. The number of carbonyl (C=O) groups is 1. The van der Waals surface area contributed by atoms with Crippen molar-refractivity contribution in [3.8, 4) is 11.3 Å². The molecule has 0 N–H and O–H groups in total. The lowest BCUT2D eigenvalue weighted by molar-refractivity contribution is 0.112. The number of amidine groups is 1. The molecule has 0 aliphatic carbocycles. The molecule has 1 aromatic heterocycles. The molecule has 4 heteroatoms. The lowest BCUT2D eigenvalue weighted by atomic mass is 10.1. The number of aldehydes is 1. The highest BCUT2D eigenvalue weighted by molar-refractivity contribution is 5.98. The van der Waals surface area contributed by atoms with Crippen LogP contribution in [0.15, 0.2) is 46.0 Å². The van der Waals surface area contributed by atoms with Crippen LogP contribution in [-0.2, 0) is 0 Å². The molecule has 2 heterocycles. The molecule has 0 saturated carbocycles. The summed E-state index contributed by atoms with van der Waals surface area (Å²) in [6.07, 6.45) is 2.35. The van der Waals surface area contributed by atoms with Crippen molar-refractivity contribution in [3.63, 3.8) is 0 Å². The zero-order valence-electron chi connectivity index (χ0n) is 10.7. The minimum atomic E-state index is 0.573. The molecule has 1 aliphatic heterocycles. The smallest absolute Gasteiger partial charge is 0.153 e. The normalized spacial score (nSPS) is 14.6. The van der Waals surface area contributed by atoms with Crippen molar-refractivity contribution in [3.05, 3.63) is 42.2 Å². The van der Waals surface area contributed by atoms with E-state index in [0.717, 1.165) is 36.5 Å². The van der Waals surface area contributed by atoms with Crippen molar-refractivity contribution in [2.24, 2.45) is 4.99 Å². The van der Waals surface area contributed by atoms with E-state index in [-0.39, 0.29) is 0 Å². The van der Waals surface area contributed by atoms with Crippen molar-refractivity contribution < 1.29 is 9.21 Å². The van der Waals surface area contributed by atoms with Crippen LogP contribution in [0.4, 0.5) is 5.69 Å². The van der Waals surface area contributed by atoms with Crippen LogP contribution in [0, 0.1) is 0 Å². The van der Waals surface area contributed by atoms with E-state index in [0.29, 0.717) is 11.3 Å². The summed E-state index contributed by atoms with van der Waals surface area (Å²) >= 11 is 0. The number of nitrogens with zero attached hydrogens (tertiary/aromatic N) is 2. The topological polar surface area (TPSA) is 45.8 Å². The first-order valence-electron chi connectivity index (χ1n) is 6.21. The van der Waals surface area contributed by atoms with Crippen LogP contribution in [-0.4, -0.2) is 25.2 Å². The number of hydrogen-bond donors (Lipinski definition) is 0. The molecule has 0 atom stereocenters. The lowest BCUT2D eigenvalue weighted by Gasteiger charge is -2.18. The summed E-state index contributed by atoms with van der Waals surface area (Å²) in [5, 5.41) is 0. The fraction of sp³-hybridized carbons (Fsp3) is 0.200. The van der Waals surface area contributed by atoms with Gasteiger partial charge in [0.05, 0.1) is 18.4 Å². The predicted molar refractivity (Wildman–Crippen MR) is 74.9 cm³/mol. The van der Waals surface area contributed by atoms with Crippen molar-refractivity contribution in [2.45, 2.75) is 6.92 Å². The Hall–Kier alpha value is -2.36. The van der Waals surface area contributed by atoms with Gasteiger partial charge in [-0.05, 0) is 25.1 Å². The lowest BCUT2D eigenvalue weighted by Crippen LogP contribution is -2.24. The van der Waals surface area contributed by atoms with E-state index in [1.807, 2.05) is 31.2 Å². The largest absolute Gasteiger partial charge is 0.464 e. The summed E-state index contributed by atoms with van der Waals surface area (Å²) in [5.74, 6) is 1.64. The van der Waals surface area contributed by atoms with E-state index < -0.39 is 0 Å². The number of anilines is 1. The van der Waals surface area contributed by atoms with Crippen molar-refractivity contribution >= 4 is 17.8 Å². The number of rotatable bonds is 3. The Morgan fingerprint density at radius 3 is 3.00 bits per heavy atom. The molecule has 4 nitrogen and oxygen atoms in total. The molecule has 0 unspecified atom stereocenters. The summed E-state index contributed by atoms with van der Waals surface area (Å²) in [4.78, 5) is 17.5. The van der Waals surface area contributed by atoms with Crippen LogP contribution >= 0.6 is 0 Å². The van der Waals surface area contributed by atoms with Gasteiger partial charge in [-0.1, -0.05) is 12.1 Å². The minimum absolute atomic E-state index is 0.573. The fourth-order valence-electron chi connectivity index (χ4n) is 2.34. The number of furan rings is 1. The number of benzene rings is 1. The van der Waals surface area contributed by atoms with Gasteiger partial charge in [0.15, 0.2) is 6.29 Å². The molecule has 1 aliphatic rings. The van der Waals surface area contributed by atoms with Gasteiger partial charge in [0.25, 0.3) is 0 Å². The Balaban J connectivity index is 2.01. The van der Waals surface area contributed by atoms with Crippen LogP contribution in [0.3, 0.4) is 0 Å². The Kier molecular flexibility index (Phi) is 2.91. The van der Waals surface area contributed by atoms with Gasteiger partial charge in [0, 0.05) is 17.8 Å². The Morgan fingerprint density at radius 1 is 1.37 bits per heavy atom. The quantitative estimate of drug-likeness (QED) is 0.791. The van der Waals surface area contributed by atoms with Gasteiger partial charge in [-0.25, -0.2) is 0 Å². The first-order chi connectivity index (χ1) is 9.29. The van der Waals surface area contributed by atoms with E-state index in [1.54, 1.807) is 6.07 Å². The second-order valence-corrected chi connectivity index (χ2v) is 4.45. The van der Waals surface area contributed by atoms with Gasteiger partial charge >= 0.3 is 0 Å². The summed E-state index contributed by atoms with van der Waals surface area (Å²) in [5.41, 5.74) is 2.55. The molecule has 1 aromatic carbocycles. The van der Waals surface area contributed by atoms with E-state index >= 15 is 0 Å². The molecule has 2 aromatic rings. The van der Waals surface area contributed by atoms with E-state index in [1.165, 1.54) is 6.26 Å². The standard InChI is InChI=1S/C15H14N2O2/c1-11-16-6-7-17(11)14-4-2-3-12(9-14)15-13(10-18)5-8-19-15/h2-5,8-10H,6-7H2,1H3. The minimum Gasteiger partial charge on any atom is -0.464 e. The molecular weight excluding hydrogens is 240 g/mol. The van der Waals surface area contributed by atoms with Gasteiger partial charge in [-0.15, -0.1) is 0 Å². The van der Waals surface area contributed by atoms with Crippen molar-refractivity contribution in [2.75, 3.05) is 18.0 Å². The number of carbonyl (C=O) groups excluding carboxylic acids is 1. The highest BCUT2D eigenvalue weighted by Gasteiger charge is 2.16. The van der Waals surface area contributed by atoms with Crippen LogP contribution in [0.5, 0.6) is 0 Å². The first kappa shape index (κ1) is 11.7. The van der Waals surface area contributed by atoms with Gasteiger partial charge in [-0.3, -0.25) is 9.79 Å². The Morgan fingerprint density at radius 2 is 2.26 bits per heavy atom. The van der Waals surface area contributed by atoms with Crippen LogP contribution in [0.2, 0.25) is 0 Å². The van der Waals surface area contributed by atoms with Gasteiger partial charge in [-0.2, -0.15) is 0 Å². The molecule has 0 saturated heterocycles. The van der Waals surface area contributed by atoms with Crippen LogP contribution in [0.25, 0.3) is 11.3 Å². The third kappa shape index (κ3) is 2.05. The summed E-state index contributed by atoms with van der Waals surface area (Å²) in [6, 6.07) is 9.65. The predicted octanol–water partition coefficient (Wildman–Crippen LogP) is 3.00. The van der Waals surface area contributed by atoms with Gasteiger partial charge < -0.3 is 9.32 Å². The van der Waals surface area contributed by atoms with E-state index in [4.69, 9.17) is 4.42 Å². The number of hydrogen-bond acceptors (Lipinski definition) is 4. The first-order valence-corrected chi connectivity index (χ1v) is 6.21. The molecule has 0 radical (unpaired) electrons. The number of aliphatic imine (C=N–C) groups is 1. The molecule has 3 rings (SSSR count). The second kappa shape index (κ2) is 4.72. The maximum absolute atomic E-state index is 11.0. The van der Waals surface area contributed by atoms with Crippen LogP contribution in [0.1, 0.15) is 17.3 Å². The SMILES string of the molecule is CC1=NCCN1c1cccc(-c2occc2C=O)c1. The van der Waals surface area contributed by atoms with Gasteiger partial charge in [0.2, 0.25) is 0 Å². The zero-order valence-corrected chi connectivity index (χ0v) is 10.7. The van der Waals surface area contributed by atoms with E-state index in [2.05, 4.69) is 9.89 Å². The highest BCUT2D eigenvalue weighted by atomic mass is 16.3. The third-order valence-corrected chi connectivity index (χ3v) is 3.30. The monoisotopic (exact) mass is 254 g/mol. The van der Waals surface area contributed by atoms with Crippen molar-refractivity contribution in [1.29, 1.82) is 0 Å². The van der Waals surface area contributed by atoms with Gasteiger partial charge in [0.1, 0.15) is 11.6 Å². The molecular formula is C15H14N2O2. The second-order valence-electron chi connectivity index (χ2n) is 4.45. The van der Waals surface area contributed by atoms with E-state index in [9.17, 15) is 4.79 Å². The molecule has 0 spiro atoms. The maximum Gasteiger partial charge on any atom is 0.153 e. The average Bonchev–Trinajstić information content (AvgIpc) is 3.07. The fourth-order valence-corrected chi connectivity index (χ4v) is 2.34. The molecule has 0 amide bonds. The van der Waals surface area contributed by atoms with Crippen LogP contribution < -0.4 is 4.90 Å². The average molecular weight is 254 g/mol. The summed E-state index contributed by atoms with van der Waals surface area (Å²) in [7, 11) is 0.